The van der Waals surface area contributed by atoms with Gasteiger partial charge in [-0.1, -0.05) is 6.07 Å². The number of nitrogens with two attached hydrogens (primary N) is 1. The molecule has 0 aliphatic rings. The van der Waals surface area contributed by atoms with Crippen LogP contribution in [0.15, 0.2) is 18.2 Å². The second-order valence-electron chi connectivity index (χ2n) is 4.13. The highest BCUT2D eigenvalue weighted by atomic mass is 19.4. The normalized spacial score (nSPS) is 15.5. The zero-order valence-electron chi connectivity index (χ0n) is 10.1. The van der Waals surface area contributed by atoms with Crippen LogP contribution in [-0.4, -0.2) is 13.2 Å². The van der Waals surface area contributed by atoms with Crippen LogP contribution in [0.2, 0.25) is 0 Å². The lowest BCUT2D eigenvalue weighted by Gasteiger charge is -2.17. The molecule has 0 saturated heterocycles. The fourth-order valence-corrected chi connectivity index (χ4v) is 1.58. The lowest BCUT2D eigenvalue weighted by Crippen LogP contribution is -2.19. The van der Waals surface area contributed by atoms with Gasteiger partial charge >= 0.3 is 6.18 Å². The minimum absolute atomic E-state index is 0.148. The molecule has 0 spiro atoms. The van der Waals surface area contributed by atoms with E-state index in [1.807, 2.05) is 0 Å². The predicted molar refractivity (Wildman–Crippen MR) is 59.4 cm³/mol. The molecule has 1 rings (SSSR count). The van der Waals surface area contributed by atoms with Gasteiger partial charge in [0.15, 0.2) is 0 Å². The van der Waals surface area contributed by atoms with Gasteiger partial charge in [0, 0.05) is 13.2 Å². The number of alkyl halides is 3. The fourth-order valence-electron chi connectivity index (χ4n) is 1.58. The van der Waals surface area contributed by atoms with E-state index < -0.39 is 23.6 Å². The van der Waals surface area contributed by atoms with Crippen LogP contribution >= 0.6 is 0 Å². The van der Waals surface area contributed by atoms with Crippen LogP contribution in [0.4, 0.5) is 17.6 Å². The molecular weight excluding hydrogens is 250 g/mol. The number of rotatable bonds is 4. The van der Waals surface area contributed by atoms with Crippen molar-refractivity contribution in [3.05, 3.63) is 35.1 Å². The maximum absolute atomic E-state index is 13.3. The maximum Gasteiger partial charge on any atom is 0.419 e. The minimum atomic E-state index is -4.69. The summed E-state index contributed by atoms with van der Waals surface area (Å²) in [6.07, 6.45) is -4.43. The summed E-state index contributed by atoms with van der Waals surface area (Å²) in [4.78, 5) is 0. The zero-order valence-corrected chi connectivity index (χ0v) is 10.1. The Morgan fingerprint density at radius 2 is 1.94 bits per heavy atom. The van der Waals surface area contributed by atoms with E-state index in [1.54, 1.807) is 6.92 Å². The molecule has 0 saturated carbocycles. The molecule has 2 nitrogen and oxygen atoms in total. The van der Waals surface area contributed by atoms with Crippen LogP contribution in [-0.2, 0) is 10.9 Å². The summed E-state index contributed by atoms with van der Waals surface area (Å²) in [5.41, 5.74) is 4.82. The number of halogens is 4. The zero-order chi connectivity index (χ0) is 13.9. The third-order valence-electron chi connectivity index (χ3n) is 2.71. The van der Waals surface area contributed by atoms with E-state index in [0.29, 0.717) is 18.1 Å². The van der Waals surface area contributed by atoms with Crippen LogP contribution in [0.3, 0.4) is 0 Å². The molecule has 0 fully saturated rings. The van der Waals surface area contributed by atoms with Gasteiger partial charge in [-0.25, -0.2) is 4.39 Å². The highest BCUT2D eigenvalue weighted by Gasteiger charge is 2.34. The number of methoxy groups -OCH3 is 1. The summed E-state index contributed by atoms with van der Waals surface area (Å²) in [7, 11) is 1.50. The first-order chi connectivity index (χ1) is 8.25. The van der Waals surface area contributed by atoms with Crippen LogP contribution < -0.4 is 5.73 Å². The van der Waals surface area contributed by atoms with Gasteiger partial charge in [-0.2, -0.15) is 13.2 Å². The topological polar surface area (TPSA) is 35.2 Å². The third kappa shape index (κ3) is 3.68. The maximum atomic E-state index is 13.3. The quantitative estimate of drug-likeness (QED) is 0.848. The Bertz CT molecular complexity index is 406. The Morgan fingerprint density at radius 1 is 1.33 bits per heavy atom. The van der Waals surface area contributed by atoms with Gasteiger partial charge in [0.05, 0.1) is 11.7 Å². The van der Waals surface area contributed by atoms with Crippen LogP contribution in [0.5, 0.6) is 0 Å². The molecule has 6 heteroatoms. The molecule has 102 valence electrons. The summed E-state index contributed by atoms with van der Waals surface area (Å²) in [6, 6.07) is 2.17. The Kier molecular flexibility index (Phi) is 4.70. The number of hydrogen-bond acceptors (Lipinski definition) is 2. The fraction of sp³-hybridized carbons (Fsp3) is 0.500. The van der Waals surface area contributed by atoms with Gasteiger partial charge in [0.25, 0.3) is 0 Å². The smallest absolute Gasteiger partial charge is 0.382 e. The molecular formula is C12H15F4NO. The van der Waals surface area contributed by atoms with Gasteiger partial charge < -0.3 is 10.5 Å². The van der Waals surface area contributed by atoms with Gasteiger partial charge in [0.1, 0.15) is 5.82 Å². The van der Waals surface area contributed by atoms with Crippen molar-refractivity contribution in [2.24, 2.45) is 5.73 Å². The van der Waals surface area contributed by atoms with Crippen molar-refractivity contribution in [2.75, 3.05) is 7.11 Å². The van der Waals surface area contributed by atoms with E-state index in [1.165, 1.54) is 13.2 Å². The second kappa shape index (κ2) is 5.67. The van der Waals surface area contributed by atoms with Crippen molar-refractivity contribution >= 4 is 0 Å². The number of ether oxygens (including phenoxy) is 1. The van der Waals surface area contributed by atoms with E-state index in [9.17, 15) is 17.6 Å². The molecule has 0 aliphatic heterocycles. The molecule has 18 heavy (non-hydrogen) atoms. The minimum Gasteiger partial charge on any atom is -0.382 e. The summed E-state index contributed by atoms with van der Waals surface area (Å²) in [5, 5.41) is 0. The SMILES string of the molecule is COC(C)CC(N)c1ccc(C(F)(F)F)c(F)c1. The van der Waals surface area contributed by atoms with Crippen LogP contribution in [0.1, 0.15) is 30.5 Å². The third-order valence-corrected chi connectivity index (χ3v) is 2.71. The van der Waals surface area contributed by atoms with Crippen molar-refractivity contribution in [3.63, 3.8) is 0 Å². The Morgan fingerprint density at radius 3 is 2.39 bits per heavy atom. The molecule has 0 heterocycles. The molecule has 2 atom stereocenters. The largest absolute Gasteiger partial charge is 0.419 e. The highest BCUT2D eigenvalue weighted by molar-refractivity contribution is 5.28. The lowest BCUT2D eigenvalue weighted by molar-refractivity contribution is -0.140. The summed E-state index contributed by atoms with van der Waals surface area (Å²) < 4.78 is 55.4. The first-order valence-corrected chi connectivity index (χ1v) is 5.40. The second-order valence-corrected chi connectivity index (χ2v) is 4.13. The van der Waals surface area contributed by atoms with Gasteiger partial charge in [-0.15, -0.1) is 0 Å². The highest BCUT2D eigenvalue weighted by Crippen LogP contribution is 2.32. The van der Waals surface area contributed by atoms with E-state index in [2.05, 4.69) is 0 Å². The first-order valence-electron chi connectivity index (χ1n) is 5.40. The average molecular weight is 265 g/mol. The molecule has 0 amide bonds. The van der Waals surface area contributed by atoms with Crippen molar-refractivity contribution < 1.29 is 22.3 Å². The standard InChI is InChI=1S/C12H15F4NO/c1-7(18-2)5-11(17)8-3-4-9(10(13)6-8)12(14,15)16/h3-4,6-7,11H,5,17H2,1-2H3. The molecule has 0 bridgehead atoms. The van der Waals surface area contributed by atoms with E-state index in [0.717, 1.165) is 6.07 Å². The molecule has 0 aromatic heterocycles. The van der Waals surface area contributed by atoms with Crippen molar-refractivity contribution in [2.45, 2.75) is 31.7 Å². The van der Waals surface area contributed by atoms with Crippen LogP contribution in [0, 0.1) is 5.82 Å². The van der Waals surface area contributed by atoms with E-state index in [-0.39, 0.29) is 6.10 Å². The number of benzene rings is 1. The van der Waals surface area contributed by atoms with Gasteiger partial charge in [0.2, 0.25) is 0 Å². The Balaban J connectivity index is 2.91. The van der Waals surface area contributed by atoms with Gasteiger partial charge in [-0.3, -0.25) is 0 Å². The lowest BCUT2D eigenvalue weighted by atomic mass is 10.00. The van der Waals surface area contributed by atoms with Gasteiger partial charge in [-0.05, 0) is 31.0 Å². The van der Waals surface area contributed by atoms with E-state index >= 15 is 0 Å². The number of hydrogen-bond donors (Lipinski definition) is 1. The monoisotopic (exact) mass is 265 g/mol. The average Bonchev–Trinajstić information content (AvgIpc) is 2.26. The summed E-state index contributed by atoms with van der Waals surface area (Å²) in [6.45, 7) is 1.78. The van der Waals surface area contributed by atoms with Crippen molar-refractivity contribution in [1.82, 2.24) is 0 Å². The van der Waals surface area contributed by atoms with Crippen molar-refractivity contribution in [1.29, 1.82) is 0 Å². The summed E-state index contributed by atoms with van der Waals surface area (Å²) in [5.74, 6) is -1.31. The molecule has 0 aliphatic carbocycles. The summed E-state index contributed by atoms with van der Waals surface area (Å²) >= 11 is 0. The predicted octanol–water partition coefficient (Wildman–Crippen LogP) is 3.27. The van der Waals surface area contributed by atoms with Crippen LogP contribution in [0.25, 0.3) is 0 Å². The van der Waals surface area contributed by atoms with Crippen molar-refractivity contribution in [3.8, 4) is 0 Å². The Hall–Kier alpha value is -1.14. The molecule has 2 unspecified atom stereocenters. The molecule has 1 aromatic carbocycles. The van der Waals surface area contributed by atoms with E-state index in [4.69, 9.17) is 10.5 Å². The molecule has 1 aromatic rings. The Labute approximate surface area is 103 Å². The first kappa shape index (κ1) is 14.9. The molecule has 2 N–H and O–H groups in total. The molecule has 0 radical (unpaired) electrons.